The number of ether oxygens (including phenoxy) is 1. The molecule has 0 aliphatic carbocycles. The van der Waals surface area contributed by atoms with Crippen molar-refractivity contribution in [2.45, 2.75) is 20.8 Å². The highest BCUT2D eigenvalue weighted by Crippen LogP contribution is 2.29. The Morgan fingerprint density at radius 1 is 1.42 bits per heavy atom. The number of rotatable bonds is 3. The smallest absolute Gasteiger partial charge is 0.355 e. The van der Waals surface area contributed by atoms with E-state index in [1.165, 1.54) is 6.33 Å². The van der Waals surface area contributed by atoms with Crippen molar-refractivity contribution < 1.29 is 9.53 Å². The average molecular weight is 280 g/mol. The molecule has 19 heavy (non-hydrogen) atoms. The van der Waals surface area contributed by atoms with Crippen LogP contribution in [0.2, 0.25) is 5.15 Å². The van der Waals surface area contributed by atoms with E-state index in [4.69, 9.17) is 16.3 Å². The maximum atomic E-state index is 11.8. The summed E-state index contributed by atoms with van der Waals surface area (Å²) in [6.07, 6.45) is 1.40. The van der Waals surface area contributed by atoms with Crippen LogP contribution in [-0.4, -0.2) is 27.5 Å². The van der Waals surface area contributed by atoms with Gasteiger partial charge >= 0.3 is 5.97 Å². The van der Waals surface area contributed by atoms with E-state index in [0.29, 0.717) is 23.1 Å². The number of aromatic amines is 1. The summed E-state index contributed by atoms with van der Waals surface area (Å²) in [5, 5.41) is 0.364. The number of hydrogen-bond donors (Lipinski definition) is 1. The zero-order chi connectivity index (χ0) is 14.0. The molecule has 0 aliphatic rings. The van der Waals surface area contributed by atoms with Crippen molar-refractivity contribution in [2.24, 2.45) is 0 Å². The zero-order valence-corrected chi connectivity index (χ0v) is 11.7. The van der Waals surface area contributed by atoms with Gasteiger partial charge in [0.1, 0.15) is 17.2 Å². The Bertz CT molecular complexity index is 622. The van der Waals surface area contributed by atoms with Gasteiger partial charge in [-0.25, -0.2) is 14.8 Å². The highest BCUT2D eigenvalue weighted by Gasteiger charge is 2.20. The number of aryl methyl sites for hydroxylation is 1. The van der Waals surface area contributed by atoms with Gasteiger partial charge in [0.15, 0.2) is 0 Å². The third-order valence-electron chi connectivity index (χ3n) is 2.81. The minimum atomic E-state index is -0.366. The lowest BCUT2D eigenvalue weighted by atomic mass is 10.1. The van der Waals surface area contributed by atoms with E-state index >= 15 is 0 Å². The van der Waals surface area contributed by atoms with Gasteiger partial charge in [0, 0.05) is 17.3 Å². The van der Waals surface area contributed by atoms with Crippen molar-refractivity contribution in [3.63, 3.8) is 0 Å². The number of nitrogens with one attached hydrogen (secondary N) is 1. The quantitative estimate of drug-likeness (QED) is 0.693. The van der Waals surface area contributed by atoms with E-state index in [1.54, 1.807) is 13.0 Å². The summed E-state index contributed by atoms with van der Waals surface area (Å²) in [7, 11) is 0. The summed E-state index contributed by atoms with van der Waals surface area (Å²) in [5.41, 5.74) is 3.62. The molecule has 0 saturated carbocycles. The van der Waals surface area contributed by atoms with Crippen LogP contribution in [0.1, 0.15) is 28.7 Å². The Balaban J connectivity index is 2.51. The standard InChI is InChI=1S/C13H14ClN3O2/c1-4-19-13(18)12-7(2)11(8(3)17-12)9-5-10(14)16-6-15-9/h5-6,17H,4H2,1-3H3. The molecule has 0 saturated heterocycles. The van der Waals surface area contributed by atoms with Gasteiger partial charge in [0.25, 0.3) is 0 Å². The predicted molar refractivity (Wildman–Crippen MR) is 72.3 cm³/mol. The highest BCUT2D eigenvalue weighted by atomic mass is 35.5. The minimum absolute atomic E-state index is 0.338. The fourth-order valence-electron chi connectivity index (χ4n) is 2.01. The van der Waals surface area contributed by atoms with Crippen molar-refractivity contribution >= 4 is 17.6 Å². The first-order valence-corrected chi connectivity index (χ1v) is 6.26. The first-order valence-electron chi connectivity index (χ1n) is 5.88. The molecule has 0 aromatic carbocycles. The topological polar surface area (TPSA) is 67.9 Å². The number of H-pyrrole nitrogens is 1. The third-order valence-corrected chi connectivity index (χ3v) is 3.01. The average Bonchev–Trinajstić information content (AvgIpc) is 2.65. The molecule has 2 aromatic heterocycles. The maximum Gasteiger partial charge on any atom is 0.355 e. The van der Waals surface area contributed by atoms with E-state index in [1.807, 2.05) is 13.8 Å². The number of aromatic nitrogens is 3. The minimum Gasteiger partial charge on any atom is -0.461 e. The van der Waals surface area contributed by atoms with Crippen LogP contribution >= 0.6 is 11.6 Å². The van der Waals surface area contributed by atoms with Crippen LogP contribution in [-0.2, 0) is 4.74 Å². The largest absolute Gasteiger partial charge is 0.461 e. The Morgan fingerprint density at radius 3 is 2.79 bits per heavy atom. The second-order valence-corrected chi connectivity index (χ2v) is 4.46. The molecular weight excluding hydrogens is 266 g/mol. The monoisotopic (exact) mass is 279 g/mol. The lowest BCUT2D eigenvalue weighted by Crippen LogP contribution is -2.06. The summed E-state index contributed by atoms with van der Waals surface area (Å²) in [4.78, 5) is 22.9. The van der Waals surface area contributed by atoms with Crippen molar-refractivity contribution in [1.29, 1.82) is 0 Å². The number of nitrogens with zero attached hydrogens (tertiary/aromatic N) is 2. The van der Waals surface area contributed by atoms with Crippen LogP contribution in [0, 0.1) is 13.8 Å². The summed E-state index contributed by atoms with van der Waals surface area (Å²) in [6.45, 7) is 5.83. The van der Waals surface area contributed by atoms with Crippen LogP contribution in [0.3, 0.4) is 0 Å². The van der Waals surface area contributed by atoms with E-state index in [0.717, 1.165) is 16.8 Å². The predicted octanol–water partition coefficient (Wildman–Crippen LogP) is 2.92. The van der Waals surface area contributed by atoms with Crippen molar-refractivity contribution in [1.82, 2.24) is 15.0 Å². The molecule has 100 valence electrons. The molecule has 5 nitrogen and oxygen atoms in total. The molecule has 0 atom stereocenters. The number of halogens is 1. The van der Waals surface area contributed by atoms with Crippen LogP contribution in [0.25, 0.3) is 11.3 Å². The van der Waals surface area contributed by atoms with E-state index < -0.39 is 0 Å². The lowest BCUT2D eigenvalue weighted by molar-refractivity contribution is 0.0519. The van der Waals surface area contributed by atoms with Crippen LogP contribution in [0.5, 0.6) is 0 Å². The summed E-state index contributed by atoms with van der Waals surface area (Å²) in [6, 6.07) is 1.67. The normalized spacial score (nSPS) is 10.5. The summed E-state index contributed by atoms with van der Waals surface area (Å²) < 4.78 is 5.01. The Labute approximate surface area is 116 Å². The molecule has 0 amide bonds. The first-order chi connectivity index (χ1) is 9.04. The van der Waals surface area contributed by atoms with Gasteiger partial charge in [-0.05, 0) is 26.3 Å². The van der Waals surface area contributed by atoms with Crippen molar-refractivity contribution in [2.75, 3.05) is 6.61 Å². The summed E-state index contributed by atoms with van der Waals surface area (Å²) in [5.74, 6) is -0.366. The molecule has 0 unspecified atom stereocenters. The fourth-order valence-corrected chi connectivity index (χ4v) is 2.16. The number of hydrogen-bond acceptors (Lipinski definition) is 4. The first kappa shape index (κ1) is 13.5. The van der Waals surface area contributed by atoms with Crippen LogP contribution < -0.4 is 0 Å². The van der Waals surface area contributed by atoms with Gasteiger partial charge in [0.2, 0.25) is 0 Å². The summed E-state index contributed by atoms with van der Waals surface area (Å²) >= 11 is 5.87. The molecule has 2 heterocycles. The molecule has 2 aromatic rings. The van der Waals surface area contributed by atoms with Crippen molar-refractivity contribution in [3.8, 4) is 11.3 Å². The van der Waals surface area contributed by atoms with E-state index in [9.17, 15) is 4.79 Å². The second-order valence-electron chi connectivity index (χ2n) is 4.07. The molecule has 2 rings (SSSR count). The molecule has 0 bridgehead atoms. The zero-order valence-electron chi connectivity index (χ0n) is 11.0. The number of esters is 1. The van der Waals surface area contributed by atoms with E-state index in [-0.39, 0.29) is 5.97 Å². The molecule has 0 aliphatic heterocycles. The molecular formula is C13H14ClN3O2. The Morgan fingerprint density at radius 2 is 2.16 bits per heavy atom. The van der Waals surface area contributed by atoms with Crippen LogP contribution in [0.15, 0.2) is 12.4 Å². The molecule has 6 heteroatoms. The van der Waals surface area contributed by atoms with Gasteiger partial charge < -0.3 is 9.72 Å². The van der Waals surface area contributed by atoms with Gasteiger partial charge in [-0.3, -0.25) is 0 Å². The van der Waals surface area contributed by atoms with Gasteiger partial charge in [0.05, 0.1) is 12.3 Å². The third kappa shape index (κ3) is 2.61. The van der Waals surface area contributed by atoms with Crippen molar-refractivity contribution in [3.05, 3.63) is 34.5 Å². The lowest BCUT2D eigenvalue weighted by Gasteiger charge is -2.02. The van der Waals surface area contributed by atoms with Gasteiger partial charge in [-0.15, -0.1) is 0 Å². The molecule has 0 spiro atoms. The maximum absolute atomic E-state index is 11.8. The van der Waals surface area contributed by atoms with Gasteiger partial charge in [-0.2, -0.15) is 0 Å². The molecule has 0 fully saturated rings. The Hall–Kier alpha value is -1.88. The Kier molecular flexibility index (Phi) is 3.85. The molecule has 1 N–H and O–H groups in total. The van der Waals surface area contributed by atoms with Gasteiger partial charge in [-0.1, -0.05) is 11.6 Å². The van der Waals surface area contributed by atoms with E-state index in [2.05, 4.69) is 15.0 Å². The SMILES string of the molecule is CCOC(=O)c1[nH]c(C)c(-c2cc(Cl)ncn2)c1C. The highest BCUT2D eigenvalue weighted by molar-refractivity contribution is 6.29. The molecule has 0 radical (unpaired) electrons. The van der Waals surface area contributed by atoms with Crippen LogP contribution in [0.4, 0.5) is 0 Å². The fraction of sp³-hybridized carbons (Fsp3) is 0.308. The number of carbonyl (C=O) groups excluding carboxylic acids is 1. The number of carbonyl (C=O) groups is 1. The second kappa shape index (κ2) is 5.40.